The van der Waals surface area contributed by atoms with Gasteiger partial charge in [-0.05, 0) is 18.9 Å². The zero-order chi connectivity index (χ0) is 14.7. The molecule has 1 heterocycles. The zero-order valence-corrected chi connectivity index (χ0v) is 12.8. The summed E-state index contributed by atoms with van der Waals surface area (Å²) in [6, 6.07) is 8.24. The topological polar surface area (TPSA) is 45.4 Å². The Balaban J connectivity index is 1.73. The largest absolute Gasteiger partial charge is 0.461 e. The van der Waals surface area contributed by atoms with Gasteiger partial charge in [-0.2, -0.15) is 0 Å². The second-order valence-corrected chi connectivity index (χ2v) is 6.32. The summed E-state index contributed by atoms with van der Waals surface area (Å²) in [4.78, 5) is 0. The first-order valence-electron chi connectivity index (χ1n) is 8.09. The van der Waals surface area contributed by atoms with E-state index in [1.807, 2.05) is 12.1 Å². The van der Waals surface area contributed by atoms with Crippen molar-refractivity contribution in [2.24, 2.45) is 5.41 Å². The van der Waals surface area contributed by atoms with E-state index in [9.17, 15) is 5.11 Å². The van der Waals surface area contributed by atoms with Gasteiger partial charge >= 0.3 is 0 Å². The summed E-state index contributed by atoms with van der Waals surface area (Å²) in [5, 5.41) is 14.5. The maximum atomic E-state index is 9.69. The summed E-state index contributed by atoms with van der Waals surface area (Å²) in [6.07, 6.45) is 5.69. The fourth-order valence-corrected chi connectivity index (χ4v) is 3.60. The van der Waals surface area contributed by atoms with Crippen LogP contribution < -0.4 is 5.32 Å². The molecule has 3 rings (SSSR count). The molecule has 1 aromatic carbocycles. The van der Waals surface area contributed by atoms with Crippen molar-refractivity contribution in [3.05, 3.63) is 35.6 Å². The summed E-state index contributed by atoms with van der Waals surface area (Å²) < 4.78 is 5.93. The number of para-hydroxylation sites is 1. The van der Waals surface area contributed by atoms with E-state index >= 15 is 0 Å². The van der Waals surface area contributed by atoms with Crippen LogP contribution in [0.5, 0.6) is 0 Å². The van der Waals surface area contributed by atoms with Gasteiger partial charge in [-0.15, -0.1) is 0 Å². The van der Waals surface area contributed by atoms with E-state index in [1.165, 1.54) is 23.8 Å². The molecule has 2 aromatic rings. The Kier molecular flexibility index (Phi) is 4.32. The fraction of sp³-hybridized carbons (Fsp3) is 0.556. The summed E-state index contributed by atoms with van der Waals surface area (Å²) in [5.41, 5.74) is 2.36. The van der Waals surface area contributed by atoms with Crippen molar-refractivity contribution in [2.45, 2.75) is 45.6 Å². The van der Waals surface area contributed by atoms with Crippen LogP contribution in [0, 0.1) is 5.41 Å². The molecule has 1 fully saturated rings. The molecular weight excluding hydrogens is 262 g/mol. The van der Waals surface area contributed by atoms with E-state index in [4.69, 9.17) is 4.42 Å². The van der Waals surface area contributed by atoms with E-state index in [1.54, 1.807) is 0 Å². The number of aliphatic hydroxyl groups excluding tert-OH is 1. The van der Waals surface area contributed by atoms with Crippen LogP contribution in [0.2, 0.25) is 0 Å². The Bertz CT molecular complexity index is 596. The van der Waals surface area contributed by atoms with Crippen molar-refractivity contribution in [3.63, 3.8) is 0 Å². The highest BCUT2D eigenvalue weighted by atomic mass is 16.3. The average Bonchev–Trinajstić information content (AvgIpc) is 3.13. The molecule has 1 aliphatic rings. The molecular formula is C18H25NO2. The monoisotopic (exact) mass is 287 g/mol. The van der Waals surface area contributed by atoms with E-state index in [0.717, 1.165) is 43.7 Å². The first kappa shape index (κ1) is 14.6. The number of hydrogen-bond donors (Lipinski definition) is 2. The number of aliphatic hydroxyl groups is 1. The van der Waals surface area contributed by atoms with Crippen LogP contribution >= 0.6 is 0 Å². The summed E-state index contributed by atoms with van der Waals surface area (Å²) in [6.45, 7) is 4.15. The van der Waals surface area contributed by atoms with E-state index in [0.29, 0.717) is 6.61 Å². The molecule has 0 amide bonds. The molecule has 0 aliphatic heterocycles. The summed E-state index contributed by atoms with van der Waals surface area (Å²) >= 11 is 0. The Morgan fingerprint density at radius 1 is 1.24 bits per heavy atom. The molecule has 2 N–H and O–H groups in total. The van der Waals surface area contributed by atoms with Crippen LogP contribution in [0.4, 0.5) is 0 Å². The lowest BCUT2D eigenvalue weighted by Crippen LogP contribution is -2.34. The maximum Gasteiger partial charge on any atom is 0.134 e. The molecule has 0 radical (unpaired) electrons. The van der Waals surface area contributed by atoms with Gasteiger partial charge in [0.25, 0.3) is 0 Å². The lowest BCUT2D eigenvalue weighted by molar-refractivity contribution is 0.128. The number of fused-ring (bicyclic) bond motifs is 1. The Morgan fingerprint density at radius 2 is 2.00 bits per heavy atom. The van der Waals surface area contributed by atoms with Crippen molar-refractivity contribution in [2.75, 3.05) is 13.2 Å². The lowest BCUT2D eigenvalue weighted by Gasteiger charge is -2.26. The number of nitrogens with one attached hydrogen (secondary N) is 1. The molecule has 114 valence electrons. The highest BCUT2D eigenvalue weighted by molar-refractivity contribution is 5.82. The average molecular weight is 287 g/mol. The van der Waals surface area contributed by atoms with E-state index < -0.39 is 0 Å². The molecule has 0 saturated heterocycles. The normalized spacial score (nSPS) is 17.6. The molecule has 21 heavy (non-hydrogen) atoms. The van der Waals surface area contributed by atoms with Gasteiger partial charge < -0.3 is 14.8 Å². The minimum absolute atomic E-state index is 0.103. The predicted molar refractivity (Wildman–Crippen MR) is 85.3 cm³/mol. The van der Waals surface area contributed by atoms with Crippen molar-refractivity contribution in [1.29, 1.82) is 0 Å². The van der Waals surface area contributed by atoms with Crippen molar-refractivity contribution in [3.8, 4) is 0 Å². The minimum atomic E-state index is 0.103. The maximum absolute atomic E-state index is 9.69. The molecule has 3 heteroatoms. The molecule has 3 nitrogen and oxygen atoms in total. The molecule has 1 aliphatic carbocycles. The highest BCUT2D eigenvalue weighted by Gasteiger charge is 2.32. The smallest absolute Gasteiger partial charge is 0.134 e. The fourth-order valence-electron chi connectivity index (χ4n) is 3.60. The van der Waals surface area contributed by atoms with Crippen LogP contribution in [-0.2, 0) is 13.0 Å². The molecule has 0 spiro atoms. The Labute approximate surface area is 126 Å². The third-order valence-electron chi connectivity index (χ3n) is 4.90. The number of furan rings is 1. The standard InChI is InChI=1S/C18H25NO2/c1-2-16-15(14-7-3-4-8-17(14)21-16)11-19-12-18(13-20)9-5-6-10-18/h3-4,7-8,19-20H,2,5-6,9-13H2,1H3. The Morgan fingerprint density at radius 3 is 2.71 bits per heavy atom. The van der Waals surface area contributed by atoms with Crippen LogP contribution in [0.25, 0.3) is 11.0 Å². The molecule has 0 unspecified atom stereocenters. The van der Waals surface area contributed by atoms with Crippen LogP contribution in [-0.4, -0.2) is 18.3 Å². The highest BCUT2D eigenvalue weighted by Crippen LogP contribution is 2.37. The zero-order valence-electron chi connectivity index (χ0n) is 12.8. The predicted octanol–water partition coefficient (Wildman–Crippen LogP) is 3.64. The number of benzene rings is 1. The lowest BCUT2D eigenvalue weighted by atomic mass is 9.87. The third-order valence-corrected chi connectivity index (χ3v) is 4.90. The number of hydrogen-bond acceptors (Lipinski definition) is 3. The van der Waals surface area contributed by atoms with Gasteiger partial charge in [-0.1, -0.05) is 38.0 Å². The summed E-state index contributed by atoms with van der Waals surface area (Å²) in [7, 11) is 0. The van der Waals surface area contributed by atoms with Crippen molar-refractivity contribution >= 4 is 11.0 Å². The van der Waals surface area contributed by atoms with E-state index in [2.05, 4.69) is 24.4 Å². The first-order valence-corrected chi connectivity index (χ1v) is 8.09. The van der Waals surface area contributed by atoms with Crippen molar-refractivity contribution in [1.82, 2.24) is 5.32 Å². The van der Waals surface area contributed by atoms with Gasteiger partial charge in [0.15, 0.2) is 0 Å². The number of rotatable bonds is 6. The SMILES string of the molecule is CCc1oc2ccccc2c1CNCC1(CO)CCCC1. The van der Waals surface area contributed by atoms with Gasteiger partial charge in [0.2, 0.25) is 0 Å². The quantitative estimate of drug-likeness (QED) is 0.852. The molecule has 1 aromatic heterocycles. The van der Waals surface area contributed by atoms with Crippen molar-refractivity contribution < 1.29 is 9.52 Å². The molecule has 1 saturated carbocycles. The van der Waals surface area contributed by atoms with Gasteiger partial charge in [0.1, 0.15) is 11.3 Å². The van der Waals surface area contributed by atoms with Gasteiger partial charge in [-0.3, -0.25) is 0 Å². The first-order chi connectivity index (χ1) is 10.3. The van der Waals surface area contributed by atoms with Gasteiger partial charge in [-0.25, -0.2) is 0 Å². The Hall–Kier alpha value is -1.32. The van der Waals surface area contributed by atoms with Crippen LogP contribution in [0.15, 0.2) is 28.7 Å². The number of aryl methyl sites for hydroxylation is 1. The van der Waals surface area contributed by atoms with Gasteiger partial charge in [0, 0.05) is 42.5 Å². The second-order valence-electron chi connectivity index (χ2n) is 6.32. The molecule has 0 bridgehead atoms. The van der Waals surface area contributed by atoms with Gasteiger partial charge in [0.05, 0.1) is 0 Å². The molecule has 0 atom stereocenters. The third kappa shape index (κ3) is 2.85. The summed E-state index contributed by atoms with van der Waals surface area (Å²) in [5.74, 6) is 1.08. The minimum Gasteiger partial charge on any atom is -0.461 e. The van der Waals surface area contributed by atoms with Crippen LogP contribution in [0.3, 0.4) is 0 Å². The van der Waals surface area contributed by atoms with E-state index in [-0.39, 0.29) is 5.41 Å². The van der Waals surface area contributed by atoms with Crippen LogP contribution in [0.1, 0.15) is 43.9 Å². The second kappa shape index (κ2) is 6.20.